The van der Waals surface area contributed by atoms with Crippen LogP contribution in [0.15, 0.2) is 24.3 Å². The lowest BCUT2D eigenvalue weighted by molar-refractivity contribution is -0.100. The van der Waals surface area contributed by atoms with Crippen molar-refractivity contribution in [3.05, 3.63) is 35.4 Å². The predicted molar refractivity (Wildman–Crippen MR) is 102 cm³/mol. The summed E-state index contributed by atoms with van der Waals surface area (Å²) in [5.74, 6) is 1.78. The molecule has 0 saturated heterocycles. The molecule has 0 aromatic heterocycles. The van der Waals surface area contributed by atoms with Gasteiger partial charge in [0.15, 0.2) is 11.5 Å². The summed E-state index contributed by atoms with van der Waals surface area (Å²) in [6.45, 7) is 15.3. The Kier molecular flexibility index (Phi) is 4.65. The number of ether oxygens (including phenoxy) is 2. The molecule has 25 heavy (non-hydrogen) atoms. The van der Waals surface area contributed by atoms with E-state index >= 15 is 0 Å². The zero-order valence-electron chi connectivity index (χ0n) is 16.3. The maximum atomic E-state index is 11.7. The molecule has 4 unspecified atom stereocenters. The van der Waals surface area contributed by atoms with Crippen molar-refractivity contribution in [2.24, 2.45) is 5.92 Å². The second-order valence-electron chi connectivity index (χ2n) is 7.84. The molecule has 1 aromatic rings. The first-order valence-corrected chi connectivity index (χ1v) is 9.70. The van der Waals surface area contributed by atoms with Crippen LogP contribution >= 0.6 is 0 Å². The average Bonchev–Trinajstić information content (AvgIpc) is 2.93. The fraction of sp³-hybridized carbons (Fsp3) is 0.636. The van der Waals surface area contributed by atoms with E-state index in [0.29, 0.717) is 6.61 Å². The molecule has 2 aliphatic rings. The van der Waals surface area contributed by atoms with Gasteiger partial charge in [-0.05, 0) is 56.2 Å². The molecule has 0 amide bonds. The number of hydrogen-bond acceptors (Lipinski definition) is 3. The van der Waals surface area contributed by atoms with Crippen molar-refractivity contribution in [3.8, 4) is 11.5 Å². The van der Waals surface area contributed by atoms with Crippen LogP contribution in [-0.2, 0) is 11.8 Å². The first kappa shape index (κ1) is 18.3. The molecule has 0 spiro atoms. The summed E-state index contributed by atoms with van der Waals surface area (Å²) >= 11 is 0. The van der Waals surface area contributed by atoms with Crippen molar-refractivity contribution in [2.45, 2.75) is 77.4 Å². The van der Waals surface area contributed by atoms with Crippen LogP contribution in [0.1, 0.15) is 65.0 Å². The SMILES string of the molecule is C=C(CC)C1Oc2c(OCC)ccc3c2C1(CCC)C(C)(O)C(C)C3. The van der Waals surface area contributed by atoms with E-state index in [2.05, 4.69) is 33.4 Å². The van der Waals surface area contributed by atoms with Crippen molar-refractivity contribution >= 4 is 0 Å². The van der Waals surface area contributed by atoms with Crippen LogP contribution < -0.4 is 9.47 Å². The van der Waals surface area contributed by atoms with Crippen molar-refractivity contribution in [1.82, 2.24) is 0 Å². The van der Waals surface area contributed by atoms with Gasteiger partial charge in [0, 0.05) is 5.56 Å². The number of rotatable bonds is 6. The molecule has 4 atom stereocenters. The Bertz CT molecular complexity index is 676. The smallest absolute Gasteiger partial charge is 0.166 e. The normalized spacial score (nSPS) is 32.9. The van der Waals surface area contributed by atoms with Gasteiger partial charge >= 0.3 is 0 Å². The predicted octanol–water partition coefficient (Wildman–Crippen LogP) is 4.79. The largest absolute Gasteiger partial charge is 0.490 e. The van der Waals surface area contributed by atoms with Gasteiger partial charge in [0.1, 0.15) is 6.10 Å². The highest BCUT2D eigenvalue weighted by atomic mass is 16.5. The van der Waals surface area contributed by atoms with Gasteiger partial charge in [-0.1, -0.05) is 39.8 Å². The number of hydrogen-bond donors (Lipinski definition) is 1. The lowest BCUT2D eigenvalue weighted by atomic mass is 9.53. The van der Waals surface area contributed by atoms with Crippen molar-refractivity contribution in [1.29, 1.82) is 0 Å². The Morgan fingerprint density at radius 2 is 2.08 bits per heavy atom. The topological polar surface area (TPSA) is 38.7 Å². The van der Waals surface area contributed by atoms with Gasteiger partial charge < -0.3 is 14.6 Å². The minimum Gasteiger partial charge on any atom is -0.490 e. The summed E-state index contributed by atoms with van der Waals surface area (Å²) in [6.07, 6.45) is 3.36. The molecule has 1 heterocycles. The second kappa shape index (κ2) is 6.35. The van der Waals surface area contributed by atoms with Crippen LogP contribution in [0.3, 0.4) is 0 Å². The van der Waals surface area contributed by atoms with Gasteiger partial charge in [-0.25, -0.2) is 0 Å². The van der Waals surface area contributed by atoms with Crippen LogP contribution in [0.2, 0.25) is 0 Å². The van der Waals surface area contributed by atoms with Gasteiger partial charge in [0.25, 0.3) is 0 Å². The zero-order chi connectivity index (χ0) is 18.4. The first-order chi connectivity index (χ1) is 11.8. The lowest BCUT2D eigenvalue weighted by Gasteiger charge is -2.52. The molecule has 0 fully saturated rings. The Balaban J connectivity index is 2.32. The molecule has 0 radical (unpaired) electrons. The van der Waals surface area contributed by atoms with E-state index in [0.717, 1.165) is 42.8 Å². The molecule has 1 aliphatic heterocycles. The molecule has 0 saturated carbocycles. The van der Waals surface area contributed by atoms with E-state index in [1.54, 1.807) is 0 Å². The minimum absolute atomic E-state index is 0.159. The monoisotopic (exact) mass is 344 g/mol. The summed E-state index contributed by atoms with van der Waals surface area (Å²) in [5.41, 5.74) is 2.20. The minimum atomic E-state index is -0.852. The van der Waals surface area contributed by atoms with E-state index in [4.69, 9.17) is 9.47 Å². The van der Waals surface area contributed by atoms with Gasteiger partial charge in [-0.2, -0.15) is 0 Å². The molecular weight excluding hydrogens is 312 g/mol. The highest BCUT2D eigenvalue weighted by Gasteiger charge is 2.64. The summed E-state index contributed by atoms with van der Waals surface area (Å²) in [6, 6.07) is 4.19. The maximum absolute atomic E-state index is 11.7. The Hall–Kier alpha value is -1.48. The van der Waals surface area contributed by atoms with Gasteiger partial charge in [0.2, 0.25) is 0 Å². The van der Waals surface area contributed by atoms with Gasteiger partial charge in [0.05, 0.1) is 17.6 Å². The molecule has 1 aliphatic carbocycles. The quantitative estimate of drug-likeness (QED) is 0.754. The van der Waals surface area contributed by atoms with Crippen LogP contribution in [0, 0.1) is 5.92 Å². The molecule has 138 valence electrons. The summed E-state index contributed by atoms with van der Waals surface area (Å²) in [7, 11) is 0. The van der Waals surface area contributed by atoms with E-state index in [9.17, 15) is 5.11 Å². The van der Waals surface area contributed by atoms with Crippen molar-refractivity contribution in [3.63, 3.8) is 0 Å². The third kappa shape index (κ3) is 2.35. The zero-order valence-corrected chi connectivity index (χ0v) is 16.3. The van der Waals surface area contributed by atoms with Crippen LogP contribution in [-0.4, -0.2) is 23.4 Å². The third-order valence-corrected chi connectivity index (χ3v) is 6.50. The first-order valence-electron chi connectivity index (χ1n) is 9.70. The molecule has 3 rings (SSSR count). The molecule has 1 aromatic carbocycles. The van der Waals surface area contributed by atoms with Crippen LogP contribution in [0.25, 0.3) is 0 Å². The summed E-state index contributed by atoms with van der Waals surface area (Å²) in [4.78, 5) is 0. The van der Waals surface area contributed by atoms with Crippen molar-refractivity contribution in [2.75, 3.05) is 6.61 Å². The number of aliphatic hydroxyl groups is 1. The fourth-order valence-corrected chi connectivity index (χ4v) is 5.01. The maximum Gasteiger partial charge on any atom is 0.166 e. The average molecular weight is 344 g/mol. The molecule has 3 heteroatoms. The van der Waals surface area contributed by atoms with Crippen LogP contribution in [0.5, 0.6) is 11.5 Å². The van der Waals surface area contributed by atoms with Crippen LogP contribution in [0.4, 0.5) is 0 Å². The fourth-order valence-electron chi connectivity index (χ4n) is 5.01. The van der Waals surface area contributed by atoms with E-state index < -0.39 is 11.0 Å². The highest BCUT2D eigenvalue weighted by Crippen LogP contribution is 2.62. The van der Waals surface area contributed by atoms with E-state index in [1.165, 1.54) is 11.1 Å². The lowest BCUT2D eigenvalue weighted by Crippen LogP contribution is -2.62. The summed E-state index contributed by atoms with van der Waals surface area (Å²) < 4.78 is 12.4. The Morgan fingerprint density at radius 1 is 1.36 bits per heavy atom. The van der Waals surface area contributed by atoms with Gasteiger partial charge in [-0.3, -0.25) is 0 Å². The third-order valence-electron chi connectivity index (χ3n) is 6.50. The second-order valence-corrected chi connectivity index (χ2v) is 7.84. The molecule has 3 nitrogen and oxygen atoms in total. The number of benzene rings is 1. The Labute approximate surface area is 152 Å². The van der Waals surface area contributed by atoms with E-state index in [-0.39, 0.29) is 12.0 Å². The molecule has 1 N–H and O–H groups in total. The van der Waals surface area contributed by atoms with Gasteiger partial charge in [-0.15, -0.1) is 0 Å². The molecule has 0 bridgehead atoms. The Morgan fingerprint density at radius 3 is 2.68 bits per heavy atom. The highest BCUT2D eigenvalue weighted by molar-refractivity contribution is 5.62. The van der Waals surface area contributed by atoms with E-state index in [1.807, 2.05) is 19.9 Å². The standard InChI is InChI=1S/C22H32O3/c1-7-12-22-18-16(13-15(5)21(22,6)23)10-11-17(24-9-3)19(18)25-20(22)14(4)8-2/h10-11,15,20,23H,4,7-9,12-13H2,1-3,5-6H3. The molecular formula is C22H32O3. The van der Waals surface area contributed by atoms with Crippen molar-refractivity contribution < 1.29 is 14.6 Å². The summed E-state index contributed by atoms with van der Waals surface area (Å²) in [5, 5.41) is 11.7.